The molecule has 2 aromatic rings. The first-order valence-electron chi connectivity index (χ1n) is 10.5. The summed E-state index contributed by atoms with van der Waals surface area (Å²) in [5.74, 6) is 0.635. The number of aliphatic hydroxyl groups is 1. The van der Waals surface area contributed by atoms with E-state index in [1.165, 1.54) is 16.2 Å². The Kier molecular flexibility index (Phi) is 8.41. The third-order valence-electron chi connectivity index (χ3n) is 4.86. The first-order valence-corrected chi connectivity index (χ1v) is 11.7. The van der Waals surface area contributed by atoms with E-state index in [1.807, 2.05) is 13.0 Å². The number of pyridine rings is 1. The average Bonchev–Trinajstić information content (AvgIpc) is 3.01. The topological polar surface area (TPSA) is 96.2 Å². The summed E-state index contributed by atoms with van der Waals surface area (Å²) in [5.41, 5.74) is 1.44. The molecule has 0 atom stereocenters. The lowest BCUT2D eigenvalue weighted by atomic mass is 10.1. The van der Waals surface area contributed by atoms with Crippen LogP contribution < -0.4 is 10.9 Å². The Labute approximate surface area is 196 Å². The minimum absolute atomic E-state index is 0.0567. The van der Waals surface area contributed by atoms with Crippen LogP contribution in [0.1, 0.15) is 31.4 Å². The van der Waals surface area contributed by atoms with Crippen LogP contribution >= 0.6 is 24.0 Å². The normalized spacial score (nSPS) is 15.5. The lowest BCUT2D eigenvalue weighted by Gasteiger charge is -2.15. The van der Waals surface area contributed by atoms with Crippen LogP contribution in [0, 0.1) is 12.8 Å². The van der Waals surface area contributed by atoms with Crippen molar-refractivity contribution in [2.75, 3.05) is 38.2 Å². The summed E-state index contributed by atoms with van der Waals surface area (Å²) in [4.78, 5) is 32.9. The second-order valence-corrected chi connectivity index (χ2v) is 9.57. The third-order valence-corrected chi connectivity index (χ3v) is 6.24. The number of carbonyl (C=O) groups is 1. The highest BCUT2D eigenvalue weighted by molar-refractivity contribution is 8.26. The molecule has 0 aliphatic carbocycles. The zero-order valence-corrected chi connectivity index (χ0v) is 20.1. The number of nitrogens with one attached hydrogen (secondary N) is 1. The number of nitrogens with zero attached hydrogens (tertiary/aromatic N) is 3. The molecule has 10 heteroatoms. The number of aliphatic hydroxyl groups excluding tert-OH is 1. The highest BCUT2D eigenvalue weighted by atomic mass is 32.2. The van der Waals surface area contributed by atoms with Gasteiger partial charge in [-0.2, -0.15) is 0 Å². The van der Waals surface area contributed by atoms with E-state index in [2.05, 4.69) is 24.1 Å². The van der Waals surface area contributed by atoms with Gasteiger partial charge in [0.05, 0.1) is 30.3 Å². The highest BCUT2D eigenvalue weighted by Gasteiger charge is 2.32. The maximum Gasteiger partial charge on any atom is 0.267 e. The van der Waals surface area contributed by atoms with Crippen molar-refractivity contribution in [1.82, 2.24) is 14.3 Å². The molecule has 32 heavy (non-hydrogen) atoms. The Hall–Kier alpha value is -2.27. The molecule has 1 aliphatic rings. The lowest BCUT2D eigenvalue weighted by Crippen LogP contribution is -2.29. The predicted octanol–water partition coefficient (Wildman–Crippen LogP) is 2.67. The minimum Gasteiger partial charge on any atom is -0.394 e. The molecule has 0 unspecified atom stereocenters. The van der Waals surface area contributed by atoms with Crippen LogP contribution in [0.25, 0.3) is 11.7 Å². The fourth-order valence-electron chi connectivity index (χ4n) is 3.14. The second kappa shape index (κ2) is 11.0. The first kappa shape index (κ1) is 24.4. The second-order valence-electron chi connectivity index (χ2n) is 7.89. The van der Waals surface area contributed by atoms with Gasteiger partial charge < -0.3 is 15.2 Å². The Bertz CT molecular complexity index is 1100. The molecule has 172 valence electrons. The molecule has 0 saturated carbocycles. The van der Waals surface area contributed by atoms with Crippen molar-refractivity contribution in [1.29, 1.82) is 0 Å². The number of thiocarbonyl (C=S) groups is 1. The third kappa shape index (κ3) is 5.74. The molecule has 2 aromatic heterocycles. The van der Waals surface area contributed by atoms with E-state index in [4.69, 9.17) is 22.1 Å². The SMILES string of the molecule is Cc1ccc2nc(NCCOCCO)c(/C=C3\SC(=S)N(CCC(C)C)C3=O)c(=O)n2c1. The van der Waals surface area contributed by atoms with Crippen molar-refractivity contribution in [2.45, 2.75) is 27.2 Å². The molecule has 2 N–H and O–H groups in total. The van der Waals surface area contributed by atoms with Gasteiger partial charge in [0.2, 0.25) is 0 Å². The van der Waals surface area contributed by atoms with Gasteiger partial charge >= 0.3 is 0 Å². The van der Waals surface area contributed by atoms with Crippen molar-refractivity contribution in [2.24, 2.45) is 5.92 Å². The van der Waals surface area contributed by atoms with E-state index >= 15 is 0 Å². The number of thioether (sulfide) groups is 1. The molecule has 1 saturated heterocycles. The largest absolute Gasteiger partial charge is 0.394 e. The van der Waals surface area contributed by atoms with Gasteiger partial charge in [-0.1, -0.05) is 43.9 Å². The first-order chi connectivity index (χ1) is 15.3. The molecule has 0 aromatic carbocycles. The van der Waals surface area contributed by atoms with Gasteiger partial charge in [0, 0.05) is 19.3 Å². The van der Waals surface area contributed by atoms with E-state index in [9.17, 15) is 9.59 Å². The summed E-state index contributed by atoms with van der Waals surface area (Å²) < 4.78 is 7.26. The van der Waals surface area contributed by atoms with Crippen LogP contribution in [0.2, 0.25) is 0 Å². The minimum atomic E-state index is -0.273. The molecule has 1 fully saturated rings. The van der Waals surface area contributed by atoms with Gasteiger partial charge in [0.15, 0.2) is 0 Å². The summed E-state index contributed by atoms with van der Waals surface area (Å²) in [7, 11) is 0. The van der Waals surface area contributed by atoms with Crippen LogP contribution in [0.5, 0.6) is 0 Å². The predicted molar refractivity (Wildman–Crippen MR) is 132 cm³/mol. The van der Waals surface area contributed by atoms with E-state index in [-0.39, 0.29) is 24.7 Å². The van der Waals surface area contributed by atoms with Gasteiger partial charge in [-0.05, 0) is 37.0 Å². The van der Waals surface area contributed by atoms with E-state index in [0.717, 1.165) is 12.0 Å². The van der Waals surface area contributed by atoms with Crippen molar-refractivity contribution in [3.8, 4) is 0 Å². The van der Waals surface area contributed by atoms with Gasteiger partial charge in [-0.25, -0.2) is 4.98 Å². The summed E-state index contributed by atoms with van der Waals surface area (Å²) in [6, 6.07) is 3.66. The quantitative estimate of drug-likeness (QED) is 0.307. The molecular weight excluding hydrogens is 448 g/mol. The van der Waals surface area contributed by atoms with E-state index < -0.39 is 0 Å². The fraction of sp³-hybridized carbons (Fsp3) is 0.455. The standard InChI is InChI=1S/C22H28N4O4S2/c1-14(2)6-8-25-21(29)17(32-22(25)31)12-16-19(23-7-10-30-11-9-27)24-18-5-4-15(3)13-26(18)20(16)28/h4-5,12-14,23,27H,6-11H2,1-3H3/b17-12-. The number of hydrogen-bond acceptors (Lipinski definition) is 8. The van der Waals surface area contributed by atoms with E-state index in [0.29, 0.717) is 51.9 Å². The van der Waals surface area contributed by atoms with Crippen LogP contribution in [0.15, 0.2) is 28.0 Å². The molecule has 1 amide bonds. The van der Waals surface area contributed by atoms with Crippen LogP contribution in [-0.2, 0) is 9.53 Å². The zero-order valence-electron chi connectivity index (χ0n) is 18.5. The van der Waals surface area contributed by atoms with Crippen LogP contribution in [0.4, 0.5) is 5.82 Å². The fourth-order valence-corrected chi connectivity index (χ4v) is 4.43. The number of aromatic nitrogens is 2. The highest BCUT2D eigenvalue weighted by Crippen LogP contribution is 2.33. The number of anilines is 1. The van der Waals surface area contributed by atoms with Gasteiger partial charge in [-0.15, -0.1) is 0 Å². The number of amides is 1. The van der Waals surface area contributed by atoms with Gasteiger partial charge in [0.1, 0.15) is 15.8 Å². The smallest absolute Gasteiger partial charge is 0.267 e. The zero-order chi connectivity index (χ0) is 23.3. The molecular formula is C22H28N4O4S2. The number of fused-ring (bicyclic) bond motifs is 1. The summed E-state index contributed by atoms with van der Waals surface area (Å²) in [6.07, 6.45) is 4.15. The summed E-state index contributed by atoms with van der Waals surface area (Å²) in [6.45, 7) is 7.56. The summed E-state index contributed by atoms with van der Waals surface area (Å²) in [5, 5.41) is 12.0. The van der Waals surface area contributed by atoms with Crippen molar-refractivity contribution < 1.29 is 14.6 Å². The Morgan fingerprint density at radius 1 is 1.31 bits per heavy atom. The number of carbonyl (C=O) groups excluding carboxylic acids is 1. The van der Waals surface area contributed by atoms with Gasteiger partial charge in [-0.3, -0.25) is 18.9 Å². The molecule has 0 spiro atoms. The summed E-state index contributed by atoms with van der Waals surface area (Å²) >= 11 is 6.61. The average molecular weight is 477 g/mol. The molecule has 0 radical (unpaired) electrons. The monoisotopic (exact) mass is 476 g/mol. The van der Waals surface area contributed by atoms with Gasteiger partial charge in [0.25, 0.3) is 11.5 Å². The molecule has 3 rings (SSSR count). The molecule has 8 nitrogen and oxygen atoms in total. The lowest BCUT2D eigenvalue weighted by molar-refractivity contribution is -0.122. The number of ether oxygens (including phenoxy) is 1. The van der Waals surface area contributed by atoms with Crippen molar-refractivity contribution >= 4 is 51.7 Å². The maximum absolute atomic E-state index is 13.3. The Balaban J connectivity index is 1.97. The van der Waals surface area contributed by atoms with Crippen LogP contribution in [-0.4, -0.2) is 62.5 Å². The van der Waals surface area contributed by atoms with Crippen molar-refractivity contribution in [3.05, 3.63) is 44.7 Å². The van der Waals surface area contributed by atoms with E-state index in [1.54, 1.807) is 23.2 Å². The van der Waals surface area contributed by atoms with Crippen molar-refractivity contribution in [3.63, 3.8) is 0 Å². The Morgan fingerprint density at radius 3 is 2.81 bits per heavy atom. The number of aryl methyl sites for hydroxylation is 1. The van der Waals surface area contributed by atoms with Crippen LogP contribution in [0.3, 0.4) is 0 Å². The molecule has 3 heterocycles. The Morgan fingerprint density at radius 2 is 2.09 bits per heavy atom. The molecule has 1 aliphatic heterocycles. The maximum atomic E-state index is 13.3. The number of rotatable bonds is 10. The molecule has 0 bridgehead atoms. The number of hydrogen-bond donors (Lipinski definition) is 2.